The van der Waals surface area contributed by atoms with Crippen molar-refractivity contribution in [3.63, 3.8) is 0 Å². The second-order valence-electron chi connectivity index (χ2n) is 5.05. The zero-order valence-electron chi connectivity index (χ0n) is 11.4. The van der Waals surface area contributed by atoms with E-state index >= 15 is 0 Å². The Balaban J connectivity index is 4.01. The topological polar surface area (TPSA) is 47.6 Å². The van der Waals surface area contributed by atoms with Crippen LogP contribution in [-0.2, 0) is 9.47 Å². The highest BCUT2D eigenvalue weighted by Gasteiger charge is 2.26. The molecule has 4 nitrogen and oxygen atoms in total. The van der Waals surface area contributed by atoms with Crippen LogP contribution in [0.4, 0.5) is 4.79 Å². The van der Waals surface area contributed by atoms with E-state index in [0.29, 0.717) is 6.54 Å². The lowest BCUT2D eigenvalue weighted by atomic mass is 9.99. The summed E-state index contributed by atoms with van der Waals surface area (Å²) in [6, 6.07) is 0. The van der Waals surface area contributed by atoms with Gasteiger partial charge in [-0.3, -0.25) is 0 Å². The van der Waals surface area contributed by atoms with E-state index < -0.39 is 5.60 Å². The first-order valence-electron chi connectivity index (χ1n) is 5.86. The molecule has 1 atom stereocenters. The van der Waals surface area contributed by atoms with Gasteiger partial charge in [-0.2, -0.15) is 0 Å². The largest absolute Gasteiger partial charge is 0.444 e. The van der Waals surface area contributed by atoms with Gasteiger partial charge in [0.15, 0.2) is 0 Å². The van der Waals surface area contributed by atoms with Crippen molar-refractivity contribution < 1.29 is 14.3 Å². The summed E-state index contributed by atoms with van der Waals surface area (Å²) in [6.45, 7) is 8.14. The smallest absolute Gasteiger partial charge is 0.407 e. The van der Waals surface area contributed by atoms with Crippen LogP contribution in [0.15, 0.2) is 0 Å². The Morgan fingerprint density at radius 1 is 1.35 bits per heavy atom. The Kier molecular flexibility index (Phi) is 7.09. The molecule has 5 heteroatoms. The lowest BCUT2D eigenvalue weighted by Gasteiger charge is -2.29. The first-order chi connectivity index (χ1) is 7.78. The molecule has 1 unspecified atom stereocenters. The normalized spacial score (nSPS) is 15.2. The Bertz CT molecular complexity index is 226. The van der Waals surface area contributed by atoms with Crippen molar-refractivity contribution >= 4 is 22.0 Å². The van der Waals surface area contributed by atoms with Crippen LogP contribution in [0.3, 0.4) is 0 Å². The van der Waals surface area contributed by atoms with E-state index in [2.05, 4.69) is 28.2 Å². The quantitative estimate of drug-likeness (QED) is 0.767. The number of nitrogens with one attached hydrogen (secondary N) is 1. The molecule has 1 amide bonds. The number of hydrogen-bond donors (Lipinski definition) is 1. The van der Waals surface area contributed by atoms with Crippen molar-refractivity contribution in [2.24, 2.45) is 0 Å². The van der Waals surface area contributed by atoms with Gasteiger partial charge in [0.1, 0.15) is 5.60 Å². The second kappa shape index (κ2) is 7.21. The molecule has 17 heavy (non-hydrogen) atoms. The van der Waals surface area contributed by atoms with Crippen LogP contribution in [0.5, 0.6) is 0 Å². The van der Waals surface area contributed by atoms with Crippen molar-refractivity contribution in [1.29, 1.82) is 0 Å². The van der Waals surface area contributed by atoms with Crippen LogP contribution >= 0.6 is 15.9 Å². The molecule has 102 valence electrons. The predicted octanol–water partition coefficient (Wildman–Crippen LogP) is 3.09. The minimum absolute atomic E-state index is 0.213. The van der Waals surface area contributed by atoms with Crippen molar-refractivity contribution in [2.45, 2.75) is 51.7 Å². The fourth-order valence-electron chi connectivity index (χ4n) is 1.35. The van der Waals surface area contributed by atoms with Crippen LogP contribution in [0.2, 0.25) is 0 Å². The maximum absolute atomic E-state index is 11.4. The van der Waals surface area contributed by atoms with E-state index in [4.69, 9.17) is 9.47 Å². The number of halogens is 1. The minimum atomic E-state index is -0.456. The Morgan fingerprint density at radius 3 is 2.29 bits per heavy atom. The molecule has 0 aromatic carbocycles. The van der Waals surface area contributed by atoms with E-state index in [-0.39, 0.29) is 11.7 Å². The SMILES string of the molecule is CCC(CBr)(CCNC(=O)OC(C)(C)C)OC. The van der Waals surface area contributed by atoms with Gasteiger partial charge in [-0.15, -0.1) is 0 Å². The molecule has 0 aliphatic heterocycles. The Labute approximate surface area is 113 Å². The third-order valence-corrected chi connectivity index (χ3v) is 3.59. The fraction of sp³-hybridized carbons (Fsp3) is 0.917. The van der Waals surface area contributed by atoms with Crippen LogP contribution in [0.25, 0.3) is 0 Å². The second-order valence-corrected chi connectivity index (χ2v) is 5.61. The highest BCUT2D eigenvalue weighted by molar-refractivity contribution is 9.09. The molecular weight excluding hydrogens is 286 g/mol. The van der Waals surface area contributed by atoms with E-state index in [1.165, 1.54) is 0 Å². The van der Waals surface area contributed by atoms with Gasteiger partial charge >= 0.3 is 6.09 Å². The maximum atomic E-state index is 11.4. The zero-order valence-corrected chi connectivity index (χ0v) is 13.0. The number of hydrogen-bond acceptors (Lipinski definition) is 3. The predicted molar refractivity (Wildman–Crippen MR) is 72.7 cm³/mol. The molecule has 0 aromatic heterocycles. The summed E-state index contributed by atoms with van der Waals surface area (Å²) in [5.41, 5.74) is -0.669. The number of alkyl carbamates (subject to hydrolysis) is 1. The Morgan fingerprint density at radius 2 is 1.94 bits per heavy atom. The van der Waals surface area contributed by atoms with E-state index in [1.807, 2.05) is 20.8 Å². The first-order valence-corrected chi connectivity index (χ1v) is 6.98. The standard InChI is InChI=1S/C12H24BrNO3/c1-6-12(9-13,16-5)7-8-14-10(15)17-11(2,3)4/h6-9H2,1-5H3,(H,14,15). The molecule has 0 bridgehead atoms. The molecule has 0 rings (SSSR count). The van der Waals surface area contributed by atoms with Crippen LogP contribution in [0, 0.1) is 0 Å². The molecule has 0 aromatic rings. The number of amides is 1. The molecule has 0 aliphatic rings. The van der Waals surface area contributed by atoms with Crippen LogP contribution in [-0.4, -0.2) is 36.3 Å². The monoisotopic (exact) mass is 309 g/mol. The average molecular weight is 310 g/mol. The molecular formula is C12H24BrNO3. The molecule has 0 heterocycles. The number of alkyl halides is 1. The highest BCUT2D eigenvalue weighted by Crippen LogP contribution is 2.21. The molecule has 0 aliphatic carbocycles. The van der Waals surface area contributed by atoms with Gasteiger partial charge in [0.25, 0.3) is 0 Å². The highest BCUT2D eigenvalue weighted by atomic mass is 79.9. The van der Waals surface area contributed by atoms with Crippen molar-refractivity contribution in [2.75, 3.05) is 19.0 Å². The van der Waals surface area contributed by atoms with Gasteiger partial charge in [-0.25, -0.2) is 4.79 Å². The summed E-state index contributed by atoms with van der Waals surface area (Å²) in [4.78, 5) is 11.4. The molecule has 1 N–H and O–H groups in total. The molecule has 0 fully saturated rings. The van der Waals surface area contributed by atoms with Crippen molar-refractivity contribution in [3.05, 3.63) is 0 Å². The van der Waals surface area contributed by atoms with Crippen molar-refractivity contribution in [1.82, 2.24) is 5.32 Å². The van der Waals surface area contributed by atoms with Gasteiger partial charge < -0.3 is 14.8 Å². The minimum Gasteiger partial charge on any atom is -0.444 e. The number of carbonyl (C=O) groups is 1. The lowest BCUT2D eigenvalue weighted by molar-refractivity contribution is 0.000409. The van der Waals surface area contributed by atoms with Crippen LogP contribution < -0.4 is 5.32 Å². The number of methoxy groups -OCH3 is 1. The summed E-state index contributed by atoms with van der Waals surface area (Å²) < 4.78 is 10.6. The van der Waals surface area contributed by atoms with Gasteiger partial charge in [-0.05, 0) is 33.6 Å². The summed E-state index contributed by atoms with van der Waals surface area (Å²) >= 11 is 3.44. The van der Waals surface area contributed by atoms with Gasteiger partial charge in [0, 0.05) is 19.0 Å². The summed E-state index contributed by atoms with van der Waals surface area (Å²) in [6.07, 6.45) is 1.27. The van der Waals surface area contributed by atoms with Gasteiger partial charge in [0.2, 0.25) is 0 Å². The first kappa shape index (κ1) is 16.7. The average Bonchev–Trinajstić information content (AvgIpc) is 2.22. The van der Waals surface area contributed by atoms with Crippen LogP contribution in [0.1, 0.15) is 40.5 Å². The van der Waals surface area contributed by atoms with E-state index in [1.54, 1.807) is 7.11 Å². The zero-order chi connectivity index (χ0) is 13.5. The van der Waals surface area contributed by atoms with E-state index in [0.717, 1.165) is 18.2 Å². The molecule has 0 spiro atoms. The maximum Gasteiger partial charge on any atom is 0.407 e. The number of carbonyl (C=O) groups excluding carboxylic acids is 1. The molecule has 0 saturated heterocycles. The summed E-state index contributed by atoms with van der Waals surface area (Å²) in [7, 11) is 1.69. The number of rotatable bonds is 6. The molecule has 0 radical (unpaired) electrons. The number of ether oxygens (including phenoxy) is 2. The lowest BCUT2D eigenvalue weighted by Crippen LogP contribution is -2.39. The summed E-state index contributed by atoms with van der Waals surface area (Å²) in [5.74, 6) is 0. The molecule has 0 saturated carbocycles. The Hall–Kier alpha value is -0.290. The third kappa shape index (κ3) is 6.88. The fourth-order valence-corrected chi connectivity index (χ4v) is 2.25. The van der Waals surface area contributed by atoms with Gasteiger partial charge in [-0.1, -0.05) is 22.9 Å². The van der Waals surface area contributed by atoms with E-state index in [9.17, 15) is 4.79 Å². The van der Waals surface area contributed by atoms with Crippen molar-refractivity contribution in [3.8, 4) is 0 Å². The summed E-state index contributed by atoms with van der Waals surface area (Å²) in [5, 5.41) is 3.49. The van der Waals surface area contributed by atoms with Gasteiger partial charge in [0.05, 0.1) is 5.60 Å². The third-order valence-electron chi connectivity index (χ3n) is 2.57.